The number of carbonyl (C=O) groups is 3. The Balaban J connectivity index is 4.12. The van der Waals surface area contributed by atoms with Crippen LogP contribution in [0.25, 0.3) is 0 Å². The molecule has 0 aliphatic heterocycles. The van der Waals surface area contributed by atoms with Gasteiger partial charge in [0.2, 0.25) is 11.8 Å². The van der Waals surface area contributed by atoms with Gasteiger partial charge < -0.3 is 21.5 Å². The van der Waals surface area contributed by atoms with Crippen LogP contribution in [-0.4, -0.2) is 41.5 Å². The minimum absolute atomic E-state index is 0.146. The number of carboxylic acids is 1. The smallest absolute Gasteiger partial charge is 0.326 e. The van der Waals surface area contributed by atoms with Crippen LogP contribution >= 0.6 is 0 Å². The highest BCUT2D eigenvalue weighted by molar-refractivity contribution is 5.90. The molecular weight excluding hydrogens is 430 g/mol. The van der Waals surface area contributed by atoms with E-state index < -0.39 is 24.0 Å². The van der Waals surface area contributed by atoms with Crippen molar-refractivity contribution in [2.75, 3.05) is 6.54 Å². The molecule has 0 aromatic rings. The molecule has 0 unspecified atom stereocenters. The van der Waals surface area contributed by atoms with Crippen molar-refractivity contribution in [1.82, 2.24) is 10.6 Å². The second kappa shape index (κ2) is 21.9. The summed E-state index contributed by atoms with van der Waals surface area (Å²) in [6.07, 6.45) is 18.5. The highest BCUT2D eigenvalue weighted by Crippen LogP contribution is 2.13. The van der Waals surface area contributed by atoms with Gasteiger partial charge in [-0.15, -0.1) is 0 Å². The summed E-state index contributed by atoms with van der Waals surface area (Å²) in [7, 11) is 0. The molecule has 0 saturated carbocycles. The lowest BCUT2D eigenvalue weighted by atomic mass is 10.0. The van der Waals surface area contributed by atoms with Gasteiger partial charge >= 0.3 is 5.97 Å². The number of carbonyl (C=O) groups excluding carboxylic acids is 2. The number of unbranched alkanes of at least 4 members (excludes halogenated alkanes) is 13. The predicted octanol–water partition coefficient (Wildman–Crippen LogP) is 5.31. The molecule has 0 rings (SSSR count). The van der Waals surface area contributed by atoms with Gasteiger partial charge in [0.05, 0.1) is 0 Å². The molecule has 0 spiro atoms. The lowest BCUT2D eigenvalue weighted by molar-refractivity contribution is -0.143. The quantitative estimate of drug-likeness (QED) is 0.147. The maximum absolute atomic E-state index is 12.7. The monoisotopic (exact) mass is 483 g/mol. The summed E-state index contributed by atoms with van der Waals surface area (Å²) < 4.78 is 0. The van der Waals surface area contributed by atoms with Crippen LogP contribution < -0.4 is 16.4 Å². The third kappa shape index (κ3) is 17.8. The molecule has 200 valence electrons. The first-order valence-corrected chi connectivity index (χ1v) is 13.9. The standard InChI is InChI=1S/C27H53N3O4/c1-4-5-6-7-8-9-10-11-12-13-14-15-16-20-24(31)29-23(19-17-18-21-28)26(32)30-25(22(2)3)27(33)34/h22-23,25H,4-21,28H2,1-3H3,(H,29,31)(H,30,32)(H,33,34)/t23-,25-/m0/s1. The number of hydrogen-bond acceptors (Lipinski definition) is 4. The van der Waals surface area contributed by atoms with Crippen molar-refractivity contribution in [3.63, 3.8) is 0 Å². The van der Waals surface area contributed by atoms with E-state index in [1.54, 1.807) is 13.8 Å². The Bertz CT molecular complexity index is 540. The fourth-order valence-corrected chi connectivity index (χ4v) is 4.10. The lowest BCUT2D eigenvalue weighted by Crippen LogP contribution is -2.53. The van der Waals surface area contributed by atoms with E-state index in [9.17, 15) is 19.5 Å². The van der Waals surface area contributed by atoms with Crippen LogP contribution in [0, 0.1) is 5.92 Å². The number of rotatable bonds is 23. The van der Waals surface area contributed by atoms with Gasteiger partial charge in [0.25, 0.3) is 0 Å². The van der Waals surface area contributed by atoms with Crippen LogP contribution in [-0.2, 0) is 14.4 Å². The van der Waals surface area contributed by atoms with E-state index in [1.165, 1.54) is 64.2 Å². The topological polar surface area (TPSA) is 122 Å². The van der Waals surface area contributed by atoms with Gasteiger partial charge in [-0.05, 0) is 38.1 Å². The summed E-state index contributed by atoms with van der Waals surface area (Å²) in [5.74, 6) is -1.89. The Hall–Kier alpha value is -1.63. The van der Waals surface area contributed by atoms with Gasteiger partial charge in [0.1, 0.15) is 12.1 Å². The Labute approximate surface area is 208 Å². The van der Waals surface area contributed by atoms with Crippen molar-refractivity contribution in [2.45, 2.75) is 142 Å². The van der Waals surface area contributed by atoms with Gasteiger partial charge in [-0.3, -0.25) is 9.59 Å². The normalized spacial score (nSPS) is 13.0. The molecule has 0 radical (unpaired) electrons. The molecule has 5 N–H and O–H groups in total. The van der Waals surface area contributed by atoms with Crippen LogP contribution in [0.15, 0.2) is 0 Å². The molecule has 0 saturated heterocycles. The summed E-state index contributed by atoms with van der Waals surface area (Å²) in [4.78, 5) is 36.5. The summed E-state index contributed by atoms with van der Waals surface area (Å²) >= 11 is 0. The highest BCUT2D eigenvalue weighted by Gasteiger charge is 2.28. The molecule has 2 atom stereocenters. The molecule has 0 bridgehead atoms. The van der Waals surface area contributed by atoms with Crippen LogP contribution in [0.1, 0.15) is 130 Å². The number of amides is 2. The zero-order chi connectivity index (χ0) is 25.6. The Kier molecular flexibility index (Phi) is 20.8. The van der Waals surface area contributed by atoms with E-state index in [0.29, 0.717) is 25.8 Å². The van der Waals surface area contributed by atoms with E-state index in [2.05, 4.69) is 17.6 Å². The molecule has 0 fully saturated rings. The van der Waals surface area contributed by atoms with E-state index in [-0.39, 0.29) is 11.8 Å². The third-order valence-corrected chi connectivity index (χ3v) is 6.34. The van der Waals surface area contributed by atoms with Crippen molar-refractivity contribution in [2.24, 2.45) is 11.7 Å². The largest absolute Gasteiger partial charge is 0.480 e. The van der Waals surface area contributed by atoms with Crippen LogP contribution in [0.4, 0.5) is 0 Å². The number of carboxylic acid groups (broad SMARTS) is 1. The number of nitrogens with one attached hydrogen (secondary N) is 2. The Morgan fingerprint density at radius 2 is 1.24 bits per heavy atom. The van der Waals surface area contributed by atoms with Crippen LogP contribution in [0.5, 0.6) is 0 Å². The highest BCUT2D eigenvalue weighted by atomic mass is 16.4. The van der Waals surface area contributed by atoms with Gasteiger partial charge in [-0.25, -0.2) is 4.79 Å². The van der Waals surface area contributed by atoms with E-state index in [0.717, 1.165) is 25.7 Å². The van der Waals surface area contributed by atoms with E-state index in [4.69, 9.17) is 5.73 Å². The van der Waals surface area contributed by atoms with Gasteiger partial charge in [0.15, 0.2) is 0 Å². The second-order valence-corrected chi connectivity index (χ2v) is 9.97. The SMILES string of the molecule is CCCCCCCCCCCCCCCC(=O)N[C@@H](CCCCN)C(=O)N[C@H](C(=O)O)C(C)C. The number of hydrogen-bond donors (Lipinski definition) is 4. The average molecular weight is 484 g/mol. The maximum Gasteiger partial charge on any atom is 0.326 e. The molecule has 0 aromatic heterocycles. The molecule has 7 heteroatoms. The minimum Gasteiger partial charge on any atom is -0.480 e. The number of aliphatic carboxylic acids is 1. The van der Waals surface area contributed by atoms with Crippen molar-refractivity contribution >= 4 is 17.8 Å². The molecule has 7 nitrogen and oxygen atoms in total. The van der Waals surface area contributed by atoms with Crippen LogP contribution in [0.2, 0.25) is 0 Å². The third-order valence-electron chi connectivity index (χ3n) is 6.34. The maximum atomic E-state index is 12.7. The second-order valence-electron chi connectivity index (χ2n) is 9.97. The summed E-state index contributed by atoms with van der Waals surface area (Å²) in [6, 6.07) is -1.69. The molecule has 0 aliphatic rings. The first-order valence-electron chi connectivity index (χ1n) is 13.9. The van der Waals surface area contributed by atoms with E-state index in [1.807, 2.05) is 0 Å². The van der Waals surface area contributed by atoms with Gasteiger partial charge in [0, 0.05) is 6.42 Å². The Morgan fingerprint density at radius 3 is 1.68 bits per heavy atom. The zero-order valence-corrected chi connectivity index (χ0v) is 22.2. The van der Waals surface area contributed by atoms with Gasteiger partial charge in [-0.1, -0.05) is 97.8 Å². The van der Waals surface area contributed by atoms with Crippen molar-refractivity contribution in [3.8, 4) is 0 Å². The zero-order valence-electron chi connectivity index (χ0n) is 22.2. The molecule has 0 aliphatic carbocycles. The lowest BCUT2D eigenvalue weighted by Gasteiger charge is -2.23. The Morgan fingerprint density at radius 1 is 0.735 bits per heavy atom. The van der Waals surface area contributed by atoms with Crippen molar-refractivity contribution in [3.05, 3.63) is 0 Å². The summed E-state index contributed by atoms with van der Waals surface area (Å²) in [6.45, 7) is 6.26. The fourth-order valence-electron chi connectivity index (χ4n) is 4.10. The molecule has 34 heavy (non-hydrogen) atoms. The minimum atomic E-state index is -1.07. The fraction of sp³-hybridized carbons (Fsp3) is 0.889. The molecule has 0 aromatic carbocycles. The summed E-state index contributed by atoms with van der Waals surface area (Å²) in [5.41, 5.74) is 5.55. The summed E-state index contributed by atoms with van der Waals surface area (Å²) in [5, 5.41) is 14.7. The molecular formula is C27H53N3O4. The first kappa shape index (κ1) is 32.4. The van der Waals surface area contributed by atoms with Gasteiger partial charge in [-0.2, -0.15) is 0 Å². The van der Waals surface area contributed by atoms with Crippen LogP contribution in [0.3, 0.4) is 0 Å². The molecule has 0 heterocycles. The molecule has 2 amide bonds. The van der Waals surface area contributed by atoms with Crippen molar-refractivity contribution < 1.29 is 19.5 Å². The first-order chi connectivity index (χ1) is 16.3. The van der Waals surface area contributed by atoms with E-state index >= 15 is 0 Å². The predicted molar refractivity (Wildman–Crippen MR) is 140 cm³/mol. The average Bonchev–Trinajstić information content (AvgIpc) is 2.79. The number of nitrogens with two attached hydrogens (primary N) is 1. The van der Waals surface area contributed by atoms with Crippen molar-refractivity contribution in [1.29, 1.82) is 0 Å².